The summed E-state index contributed by atoms with van der Waals surface area (Å²) >= 11 is 0. The molecular formula is C12H15NO6. The van der Waals surface area contributed by atoms with Gasteiger partial charge >= 0.3 is 11.9 Å². The second kappa shape index (κ2) is 6.28. The van der Waals surface area contributed by atoms with Gasteiger partial charge in [-0.05, 0) is 30.7 Å². The number of aliphatic hydroxyl groups is 2. The van der Waals surface area contributed by atoms with Crippen LogP contribution in [0.25, 0.3) is 0 Å². The van der Waals surface area contributed by atoms with E-state index in [9.17, 15) is 19.8 Å². The van der Waals surface area contributed by atoms with E-state index in [0.29, 0.717) is 0 Å². The molecule has 1 rings (SSSR count). The van der Waals surface area contributed by atoms with Crippen LogP contribution in [-0.2, 0) is 0 Å². The Bertz CT molecular complexity index is 487. The Labute approximate surface area is 108 Å². The summed E-state index contributed by atoms with van der Waals surface area (Å²) in [5.41, 5.74) is 4.63. The highest BCUT2D eigenvalue weighted by Crippen LogP contribution is 2.24. The summed E-state index contributed by atoms with van der Waals surface area (Å²) < 4.78 is 0. The van der Waals surface area contributed by atoms with E-state index in [1.54, 1.807) is 0 Å². The van der Waals surface area contributed by atoms with Gasteiger partial charge in [0, 0.05) is 0 Å². The van der Waals surface area contributed by atoms with Crippen LogP contribution in [0.3, 0.4) is 0 Å². The van der Waals surface area contributed by atoms with Gasteiger partial charge in [0.1, 0.15) is 6.10 Å². The summed E-state index contributed by atoms with van der Waals surface area (Å²) in [7, 11) is 0. The molecule has 0 heterocycles. The normalized spacial score (nSPS) is 13.8. The number of benzene rings is 1. The van der Waals surface area contributed by atoms with Crippen molar-refractivity contribution >= 4 is 11.9 Å². The van der Waals surface area contributed by atoms with Crippen LogP contribution in [0.15, 0.2) is 18.2 Å². The van der Waals surface area contributed by atoms with Crippen molar-refractivity contribution < 1.29 is 30.0 Å². The number of hydrogen-bond donors (Lipinski definition) is 5. The third kappa shape index (κ3) is 3.50. The van der Waals surface area contributed by atoms with Gasteiger partial charge in [0.15, 0.2) is 0 Å². The third-order valence-corrected chi connectivity index (χ3v) is 2.68. The number of rotatable bonds is 6. The van der Waals surface area contributed by atoms with Gasteiger partial charge in [-0.25, -0.2) is 9.59 Å². The molecule has 6 N–H and O–H groups in total. The van der Waals surface area contributed by atoms with Gasteiger partial charge < -0.3 is 26.2 Å². The fraction of sp³-hybridized carbons (Fsp3) is 0.333. The molecule has 0 aliphatic rings. The van der Waals surface area contributed by atoms with Crippen molar-refractivity contribution in [3.05, 3.63) is 34.9 Å². The molecule has 1 aromatic rings. The van der Waals surface area contributed by atoms with Crippen LogP contribution in [0.2, 0.25) is 0 Å². The largest absolute Gasteiger partial charge is 0.478 e. The minimum absolute atomic E-state index is 0.0431. The first-order valence-corrected chi connectivity index (χ1v) is 5.55. The maximum Gasteiger partial charge on any atom is 0.336 e. The lowest BCUT2D eigenvalue weighted by atomic mass is 9.95. The SMILES string of the molecule is NCCC(O)C(O)c1ccc(C(=O)O)cc1C(=O)O. The molecule has 7 heteroatoms. The maximum atomic E-state index is 11.1. The van der Waals surface area contributed by atoms with Gasteiger partial charge in [-0.15, -0.1) is 0 Å². The second-order valence-electron chi connectivity index (χ2n) is 4.00. The highest BCUT2D eigenvalue weighted by molar-refractivity contribution is 5.95. The van der Waals surface area contributed by atoms with Gasteiger partial charge in [-0.2, -0.15) is 0 Å². The fourth-order valence-electron chi connectivity index (χ4n) is 1.67. The Morgan fingerprint density at radius 2 is 1.79 bits per heavy atom. The molecule has 0 aromatic heterocycles. The molecule has 104 valence electrons. The van der Waals surface area contributed by atoms with E-state index in [4.69, 9.17) is 15.9 Å². The first kappa shape index (κ1) is 15.1. The van der Waals surface area contributed by atoms with Crippen LogP contribution < -0.4 is 5.73 Å². The average Bonchev–Trinajstić information content (AvgIpc) is 2.37. The zero-order valence-electron chi connectivity index (χ0n) is 9.98. The van der Waals surface area contributed by atoms with E-state index in [2.05, 4.69) is 0 Å². The van der Waals surface area contributed by atoms with Crippen LogP contribution in [0.4, 0.5) is 0 Å². The van der Waals surface area contributed by atoms with Crippen LogP contribution in [0.1, 0.15) is 38.8 Å². The number of aromatic carboxylic acids is 2. The van der Waals surface area contributed by atoms with Crippen molar-refractivity contribution in [2.45, 2.75) is 18.6 Å². The smallest absolute Gasteiger partial charge is 0.336 e. The lowest BCUT2D eigenvalue weighted by Crippen LogP contribution is -2.23. The van der Waals surface area contributed by atoms with Crippen LogP contribution in [-0.4, -0.2) is 45.0 Å². The molecule has 0 aliphatic heterocycles. The zero-order valence-corrected chi connectivity index (χ0v) is 9.98. The molecule has 0 bridgehead atoms. The molecular weight excluding hydrogens is 254 g/mol. The lowest BCUT2D eigenvalue weighted by molar-refractivity contribution is 0.0141. The number of carbonyl (C=O) groups is 2. The van der Waals surface area contributed by atoms with Gasteiger partial charge in [-0.1, -0.05) is 6.07 Å². The van der Waals surface area contributed by atoms with Gasteiger partial charge in [0.05, 0.1) is 17.2 Å². The van der Waals surface area contributed by atoms with Gasteiger partial charge in [-0.3, -0.25) is 0 Å². The summed E-state index contributed by atoms with van der Waals surface area (Å²) in [6, 6.07) is 3.29. The van der Waals surface area contributed by atoms with Gasteiger partial charge in [0.25, 0.3) is 0 Å². The highest BCUT2D eigenvalue weighted by atomic mass is 16.4. The Morgan fingerprint density at radius 1 is 1.16 bits per heavy atom. The standard InChI is InChI=1S/C12H15NO6/c13-4-3-9(14)10(15)7-2-1-6(11(16)17)5-8(7)12(18)19/h1-2,5,9-10,14-15H,3-4,13H2,(H,16,17)(H,18,19). The predicted octanol–water partition coefficient (Wildman–Crippen LogP) is -0.174. The van der Waals surface area contributed by atoms with Gasteiger partial charge in [0.2, 0.25) is 0 Å². The van der Waals surface area contributed by atoms with Crippen molar-refractivity contribution in [3.8, 4) is 0 Å². The number of hydrogen-bond acceptors (Lipinski definition) is 5. The number of carboxylic acids is 2. The molecule has 2 atom stereocenters. The van der Waals surface area contributed by atoms with Crippen molar-refractivity contribution in [3.63, 3.8) is 0 Å². The van der Waals surface area contributed by atoms with Crippen LogP contribution >= 0.6 is 0 Å². The molecule has 0 saturated carbocycles. The van der Waals surface area contributed by atoms with E-state index >= 15 is 0 Å². The van der Waals surface area contributed by atoms with Crippen LogP contribution in [0.5, 0.6) is 0 Å². The lowest BCUT2D eigenvalue weighted by Gasteiger charge is -2.19. The molecule has 0 amide bonds. The Balaban J connectivity index is 3.20. The number of carboxylic acid groups (broad SMARTS) is 2. The zero-order chi connectivity index (χ0) is 14.6. The molecule has 0 saturated heterocycles. The Morgan fingerprint density at radius 3 is 2.26 bits per heavy atom. The predicted molar refractivity (Wildman–Crippen MR) is 65.0 cm³/mol. The van der Waals surface area contributed by atoms with E-state index in [0.717, 1.165) is 6.07 Å². The topological polar surface area (TPSA) is 141 Å². The fourth-order valence-corrected chi connectivity index (χ4v) is 1.67. The third-order valence-electron chi connectivity index (χ3n) is 2.68. The van der Waals surface area contributed by atoms with Crippen molar-refractivity contribution in [1.29, 1.82) is 0 Å². The first-order valence-electron chi connectivity index (χ1n) is 5.55. The summed E-state index contributed by atoms with van der Waals surface area (Å²) in [5, 5.41) is 37.3. The minimum atomic E-state index is -1.43. The monoisotopic (exact) mass is 269 g/mol. The highest BCUT2D eigenvalue weighted by Gasteiger charge is 2.24. The molecule has 0 aliphatic carbocycles. The molecule has 0 fully saturated rings. The maximum absolute atomic E-state index is 11.1. The molecule has 2 unspecified atom stereocenters. The average molecular weight is 269 g/mol. The Kier molecular flexibility index (Phi) is 4.99. The van der Waals surface area contributed by atoms with E-state index in [-0.39, 0.29) is 29.7 Å². The molecule has 1 aromatic carbocycles. The van der Waals surface area contributed by atoms with Crippen LogP contribution in [0, 0.1) is 0 Å². The number of nitrogens with two attached hydrogens (primary N) is 1. The second-order valence-corrected chi connectivity index (χ2v) is 4.00. The van der Waals surface area contributed by atoms with E-state index < -0.39 is 24.1 Å². The first-order chi connectivity index (χ1) is 8.88. The number of aliphatic hydroxyl groups excluding tert-OH is 2. The Hall–Kier alpha value is -1.96. The summed E-state index contributed by atoms with van der Waals surface area (Å²) in [4.78, 5) is 21.8. The van der Waals surface area contributed by atoms with Crippen molar-refractivity contribution in [2.24, 2.45) is 5.73 Å². The summed E-state index contributed by atoms with van der Waals surface area (Å²) in [6.07, 6.45) is -2.54. The molecule has 19 heavy (non-hydrogen) atoms. The summed E-state index contributed by atoms with van der Waals surface area (Å²) in [5.74, 6) is -2.65. The minimum Gasteiger partial charge on any atom is -0.478 e. The van der Waals surface area contributed by atoms with E-state index in [1.807, 2.05) is 0 Å². The van der Waals surface area contributed by atoms with Crippen molar-refractivity contribution in [2.75, 3.05) is 6.54 Å². The quantitative estimate of drug-likeness (QED) is 0.482. The summed E-state index contributed by atoms with van der Waals surface area (Å²) in [6.45, 7) is 0.133. The molecule has 7 nitrogen and oxygen atoms in total. The molecule has 0 radical (unpaired) electrons. The molecule has 0 spiro atoms. The van der Waals surface area contributed by atoms with E-state index in [1.165, 1.54) is 12.1 Å². The van der Waals surface area contributed by atoms with Crippen molar-refractivity contribution in [1.82, 2.24) is 0 Å².